The van der Waals surface area contributed by atoms with Crippen LogP contribution >= 0.6 is 0 Å². The molecule has 0 fully saturated rings. The summed E-state index contributed by atoms with van der Waals surface area (Å²) in [4.78, 5) is 13.2. The number of carbonyl (C=O) groups is 1. The van der Waals surface area contributed by atoms with Crippen LogP contribution in [0.2, 0.25) is 0 Å². The number of aromatic carboxylic acids is 1. The highest BCUT2D eigenvalue weighted by atomic mass is 16.5. The minimum absolute atomic E-state index is 0.321. The highest BCUT2D eigenvalue weighted by Gasteiger charge is 2.08. The number of methoxy groups -OCH3 is 1. The van der Waals surface area contributed by atoms with E-state index in [4.69, 9.17) is 9.84 Å². The summed E-state index contributed by atoms with van der Waals surface area (Å²) in [6.45, 7) is 3.26. The maximum absolute atomic E-state index is 10.9. The average Bonchev–Trinajstić information content (AvgIpc) is 2.58. The molecule has 0 radical (unpaired) electrons. The van der Waals surface area contributed by atoms with E-state index in [1.54, 1.807) is 19.2 Å². The van der Waals surface area contributed by atoms with Crippen molar-refractivity contribution in [3.63, 3.8) is 0 Å². The van der Waals surface area contributed by atoms with Gasteiger partial charge in [0.15, 0.2) is 0 Å². The Morgan fingerprint density at radius 2 is 1.70 bits per heavy atom. The van der Waals surface area contributed by atoms with E-state index in [1.807, 2.05) is 18.2 Å². The van der Waals surface area contributed by atoms with Crippen molar-refractivity contribution in [1.82, 2.24) is 4.90 Å². The van der Waals surface area contributed by atoms with Gasteiger partial charge in [0.1, 0.15) is 0 Å². The molecule has 0 bridgehead atoms. The number of rotatable bonds is 9. The third-order valence-electron chi connectivity index (χ3n) is 3.78. The molecule has 0 heterocycles. The van der Waals surface area contributed by atoms with Crippen molar-refractivity contribution in [1.29, 1.82) is 0 Å². The number of nitrogens with zero attached hydrogens (tertiary/aromatic N) is 1. The van der Waals surface area contributed by atoms with Crippen molar-refractivity contribution in [3.8, 4) is 0 Å². The van der Waals surface area contributed by atoms with Gasteiger partial charge in [0, 0.05) is 26.7 Å². The zero-order valence-electron chi connectivity index (χ0n) is 13.4. The van der Waals surface area contributed by atoms with Crippen LogP contribution in [0.25, 0.3) is 0 Å². The van der Waals surface area contributed by atoms with Gasteiger partial charge in [-0.1, -0.05) is 42.5 Å². The molecule has 0 unspecified atom stereocenters. The number of ether oxygens (including phenoxy) is 1. The van der Waals surface area contributed by atoms with Crippen LogP contribution in [-0.2, 0) is 17.7 Å². The van der Waals surface area contributed by atoms with Gasteiger partial charge in [-0.25, -0.2) is 4.79 Å². The summed E-state index contributed by atoms with van der Waals surface area (Å²) in [6.07, 6.45) is 0.984. The van der Waals surface area contributed by atoms with Gasteiger partial charge >= 0.3 is 5.97 Å². The largest absolute Gasteiger partial charge is 0.478 e. The lowest BCUT2D eigenvalue weighted by Gasteiger charge is -2.22. The monoisotopic (exact) mass is 313 g/mol. The maximum Gasteiger partial charge on any atom is 0.335 e. The van der Waals surface area contributed by atoms with Crippen LogP contribution < -0.4 is 0 Å². The zero-order valence-corrected chi connectivity index (χ0v) is 13.4. The normalized spacial score (nSPS) is 10.9. The molecule has 0 aromatic heterocycles. The van der Waals surface area contributed by atoms with Gasteiger partial charge in [0.2, 0.25) is 0 Å². The summed E-state index contributed by atoms with van der Waals surface area (Å²) in [5.41, 5.74) is 2.75. The minimum atomic E-state index is -0.892. The van der Waals surface area contributed by atoms with E-state index < -0.39 is 5.97 Å². The summed E-state index contributed by atoms with van der Waals surface area (Å²) in [5, 5.41) is 8.96. The Morgan fingerprint density at radius 3 is 2.30 bits per heavy atom. The second-order valence-corrected chi connectivity index (χ2v) is 5.51. The van der Waals surface area contributed by atoms with Gasteiger partial charge in [-0.05, 0) is 29.7 Å². The van der Waals surface area contributed by atoms with Crippen LogP contribution in [-0.4, -0.2) is 42.8 Å². The molecule has 1 N–H and O–H groups in total. The molecule has 2 aromatic carbocycles. The molecule has 0 amide bonds. The fourth-order valence-corrected chi connectivity index (χ4v) is 2.43. The third kappa shape index (κ3) is 5.85. The Balaban J connectivity index is 1.95. The van der Waals surface area contributed by atoms with Crippen molar-refractivity contribution >= 4 is 5.97 Å². The number of carboxylic acids is 1. The van der Waals surface area contributed by atoms with Crippen LogP contribution in [0, 0.1) is 0 Å². The van der Waals surface area contributed by atoms with Crippen LogP contribution in [0.4, 0.5) is 0 Å². The molecule has 4 nitrogen and oxygen atoms in total. The van der Waals surface area contributed by atoms with E-state index in [0.29, 0.717) is 12.2 Å². The Bertz CT molecular complexity index is 596. The van der Waals surface area contributed by atoms with E-state index in [1.165, 1.54) is 5.56 Å². The molecule has 0 aliphatic rings. The van der Waals surface area contributed by atoms with Gasteiger partial charge in [-0.3, -0.25) is 4.90 Å². The summed E-state index contributed by atoms with van der Waals surface area (Å²) in [6, 6.07) is 17.5. The molecule has 2 rings (SSSR count). The van der Waals surface area contributed by atoms with Gasteiger partial charge in [0.05, 0.1) is 12.2 Å². The fraction of sp³-hybridized carbons (Fsp3) is 0.316. The Hall–Kier alpha value is -2.17. The van der Waals surface area contributed by atoms with Crippen molar-refractivity contribution in [3.05, 3.63) is 71.3 Å². The molecule has 0 aliphatic carbocycles. The van der Waals surface area contributed by atoms with Crippen LogP contribution in [0.3, 0.4) is 0 Å². The molecule has 122 valence electrons. The van der Waals surface area contributed by atoms with Crippen LogP contribution in [0.1, 0.15) is 21.5 Å². The molecule has 23 heavy (non-hydrogen) atoms. The minimum Gasteiger partial charge on any atom is -0.478 e. The lowest BCUT2D eigenvalue weighted by molar-refractivity contribution is 0.0697. The second-order valence-electron chi connectivity index (χ2n) is 5.51. The first-order valence-corrected chi connectivity index (χ1v) is 7.76. The summed E-state index contributed by atoms with van der Waals surface area (Å²) < 4.78 is 5.19. The van der Waals surface area contributed by atoms with Crippen molar-refractivity contribution < 1.29 is 14.6 Å². The van der Waals surface area contributed by atoms with Gasteiger partial charge in [0.25, 0.3) is 0 Å². The zero-order chi connectivity index (χ0) is 16.5. The standard InChI is InChI=1S/C19H23NO3/c1-23-14-13-20(12-11-16-5-3-2-4-6-16)15-17-7-9-18(10-8-17)19(21)22/h2-10H,11-15H2,1H3,(H,21,22). The van der Waals surface area contributed by atoms with E-state index in [-0.39, 0.29) is 0 Å². The molecular weight excluding hydrogens is 290 g/mol. The van der Waals surface area contributed by atoms with E-state index >= 15 is 0 Å². The van der Waals surface area contributed by atoms with Gasteiger partial charge in [-0.2, -0.15) is 0 Å². The van der Waals surface area contributed by atoms with Crippen LogP contribution in [0.15, 0.2) is 54.6 Å². The topological polar surface area (TPSA) is 49.8 Å². The Morgan fingerprint density at radius 1 is 1.00 bits per heavy atom. The first-order valence-electron chi connectivity index (χ1n) is 7.76. The molecule has 0 saturated heterocycles. The second kappa shape index (κ2) is 9.08. The molecule has 0 saturated carbocycles. The summed E-state index contributed by atoms with van der Waals surface area (Å²) in [5.74, 6) is -0.892. The Labute approximate surface area is 137 Å². The third-order valence-corrected chi connectivity index (χ3v) is 3.78. The highest BCUT2D eigenvalue weighted by molar-refractivity contribution is 5.87. The van der Waals surface area contributed by atoms with Crippen molar-refractivity contribution in [2.75, 3.05) is 26.8 Å². The lowest BCUT2D eigenvalue weighted by Crippen LogP contribution is -2.29. The van der Waals surface area contributed by atoms with E-state index in [9.17, 15) is 4.79 Å². The fourth-order valence-electron chi connectivity index (χ4n) is 2.43. The summed E-state index contributed by atoms with van der Waals surface area (Å²) >= 11 is 0. The van der Waals surface area contributed by atoms with Gasteiger partial charge < -0.3 is 9.84 Å². The molecule has 0 aliphatic heterocycles. The SMILES string of the molecule is COCCN(CCc1ccccc1)Cc1ccc(C(=O)O)cc1. The predicted octanol–water partition coefficient (Wildman–Crippen LogP) is 3.08. The summed E-state index contributed by atoms with van der Waals surface area (Å²) in [7, 11) is 1.71. The van der Waals surface area contributed by atoms with Gasteiger partial charge in [-0.15, -0.1) is 0 Å². The molecule has 4 heteroatoms. The predicted molar refractivity (Wildman–Crippen MR) is 90.7 cm³/mol. The Kier molecular flexibility index (Phi) is 6.78. The lowest BCUT2D eigenvalue weighted by atomic mass is 10.1. The van der Waals surface area contributed by atoms with E-state index in [0.717, 1.165) is 31.6 Å². The molecular formula is C19H23NO3. The molecule has 2 aromatic rings. The molecule has 0 spiro atoms. The molecule has 0 atom stereocenters. The average molecular weight is 313 g/mol. The maximum atomic E-state index is 10.9. The number of benzene rings is 2. The number of hydrogen-bond donors (Lipinski definition) is 1. The number of carboxylic acid groups (broad SMARTS) is 1. The highest BCUT2D eigenvalue weighted by Crippen LogP contribution is 2.09. The first-order chi connectivity index (χ1) is 11.2. The van der Waals surface area contributed by atoms with Crippen LogP contribution in [0.5, 0.6) is 0 Å². The first kappa shape index (κ1) is 17.2. The number of hydrogen-bond acceptors (Lipinski definition) is 3. The van der Waals surface area contributed by atoms with E-state index in [2.05, 4.69) is 29.2 Å². The van der Waals surface area contributed by atoms with Crippen molar-refractivity contribution in [2.24, 2.45) is 0 Å². The van der Waals surface area contributed by atoms with Crippen molar-refractivity contribution in [2.45, 2.75) is 13.0 Å². The smallest absolute Gasteiger partial charge is 0.335 e. The quantitative estimate of drug-likeness (QED) is 0.773.